The van der Waals surface area contributed by atoms with Gasteiger partial charge in [0.25, 0.3) is 5.56 Å². The molecule has 1 saturated carbocycles. The number of H-pyrrole nitrogens is 1. The quantitative estimate of drug-likeness (QED) is 0.610. The predicted molar refractivity (Wildman–Crippen MR) is 102 cm³/mol. The normalized spacial score (nSPS) is 19.1. The van der Waals surface area contributed by atoms with Gasteiger partial charge in [0.05, 0.1) is 18.1 Å². The van der Waals surface area contributed by atoms with E-state index in [4.69, 9.17) is 11.6 Å². The largest absolute Gasteiger partial charge is 0.312 e. The number of nitrogens with zero attached hydrogens (tertiary/aromatic N) is 2. The van der Waals surface area contributed by atoms with Gasteiger partial charge in [-0.2, -0.15) is 10.5 Å². The molecule has 1 fully saturated rings. The summed E-state index contributed by atoms with van der Waals surface area (Å²) in [6.45, 7) is 3.72. The maximum atomic E-state index is 13.4. The Morgan fingerprint density at radius 1 is 1.37 bits per heavy atom. The third-order valence-electron chi connectivity index (χ3n) is 5.02. The minimum absolute atomic E-state index is 0.168. The molecular weight excluding hydrogens is 362 g/mol. The second-order valence-corrected chi connectivity index (χ2v) is 7.89. The Hall–Kier alpha value is -2.63. The minimum atomic E-state index is -0.532. The van der Waals surface area contributed by atoms with Crippen LogP contribution in [0.15, 0.2) is 28.1 Å². The molecule has 5 nitrogen and oxygen atoms in total. The van der Waals surface area contributed by atoms with Crippen molar-refractivity contribution in [2.24, 2.45) is 11.8 Å². The fourth-order valence-electron chi connectivity index (χ4n) is 3.49. The van der Waals surface area contributed by atoms with Gasteiger partial charge in [-0.15, -0.1) is 0 Å². The highest BCUT2D eigenvalue weighted by atomic mass is 35.5. The second kappa shape index (κ2) is 7.55. The lowest BCUT2D eigenvalue weighted by Crippen LogP contribution is -2.24. The van der Waals surface area contributed by atoms with Gasteiger partial charge in [0.1, 0.15) is 5.15 Å². The first-order valence-corrected chi connectivity index (χ1v) is 9.44. The standard InChI is InChI=1S/C21H20ClN3O2/c1-11(2)17-18(16(8-12-3-4-12)20(22)25-21(17)27)19(26)15-6-13(9-23)5-14(7-15)10-24/h6-7,11-13H,3-5,8H2,1-2H3,(H,25,27). The van der Waals surface area contributed by atoms with E-state index in [-0.39, 0.29) is 28.0 Å². The van der Waals surface area contributed by atoms with E-state index >= 15 is 0 Å². The summed E-state index contributed by atoms with van der Waals surface area (Å²) < 4.78 is 0. The van der Waals surface area contributed by atoms with Gasteiger partial charge in [0.2, 0.25) is 0 Å². The lowest BCUT2D eigenvalue weighted by molar-refractivity contribution is 0.103. The maximum absolute atomic E-state index is 13.4. The van der Waals surface area contributed by atoms with Crippen molar-refractivity contribution in [1.82, 2.24) is 4.98 Å². The fourth-order valence-corrected chi connectivity index (χ4v) is 3.75. The van der Waals surface area contributed by atoms with Crippen LogP contribution in [0.4, 0.5) is 0 Å². The van der Waals surface area contributed by atoms with Gasteiger partial charge in [-0.1, -0.05) is 31.5 Å². The molecule has 1 heterocycles. The maximum Gasteiger partial charge on any atom is 0.253 e. The van der Waals surface area contributed by atoms with Crippen LogP contribution in [-0.4, -0.2) is 10.8 Å². The van der Waals surface area contributed by atoms with E-state index in [9.17, 15) is 20.1 Å². The molecule has 3 rings (SSSR count). The van der Waals surface area contributed by atoms with Gasteiger partial charge in [-0.25, -0.2) is 0 Å². The number of rotatable bonds is 5. The average molecular weight is 382 g/mol. The molecule has 1 aromatic heterocycles. The molecule has 0 saturated heterocycles. The summed E-state index contributed by atoms with van der Waals surface area (Å²) in [6.07, 6.45) is 6.21. The highest BCUT2D eigenvalue weighted by Gasteiger charge is 2.31. The Bertz CT molecular complexity index is 998. The molecule has 0 spiro atoms. The summed E-state index contributed by atoms with van der Waals surface area (Å²) in [4.78, 5) is 28.7. The van der Waals surface area contributed by atoms with E-state index in [0.717, 1.165) is 12.8 Å². The number of carbonyl (C=O) groups is 1. The summed E-state index contributed by atoms with van der Waals surface area (Å²) in [6, 6.07) is 4.15. The fraction of sp³-hybridized carbons (Fsp3) is 0.429. The molecule has 2 aliphatic carbocycles. The number of hydrogen-bond donors (Lipinski definition) is 1. The van der Waals surface area contributed by atoms with Crippen molar-refractivity contribution in [1.29, 1.82) is 10.5 Å². The summed E-state index contributed by atoms with van der Waals surface area (Å²) in [7, 11) is 0. The van der Waals surface area contributed by atoms with Crippen LogP contribution < -0.4 is 5.56 Å². The summed E-state index contributed by atoms with van der Waals surface area (Å²) >= 11 is 6.33. The molecule has 138 valence electrons. The molecule has 6 heteroatoms. The van der Waals surface area contributed by atoms with Crippen LogP contribution in [0.25, 0.3) is 0 Å². The molecule has 0 aliphatic heterocycles. The first-order valence-electron chi connectivity index (χ1n) is 9.07. The van der Waals surface area contributed by atoms with E-state index in [0.29, 0.717) is 41.0 Å². The number of carbonyl (C=O) groups excluding carboxylic acids is 1. The van der Waals surface area contributed by atoms with Gasteiger partial charge in [0.15, 0.2) is 5.78 Å². The smallest absolute Gasteiger partial charge is 0.253 e. The topological polar surface area (TPSA) is 97.5 Å². The third kappa shape index (κ3) is 3.89. The van der Waals surface area contributed by atoms with Crippen LogP contribution >= 0.6 is 11.6 Å². The molecule has 0 aromatic carbocycles. The van der Waals surface area contributed by atoms with E-state index < -0.39 is 5.92 Å². The Balaban J connectivity index is 2.19. The van der Waals surface area contributed by atoms with E-state index in [2.05, 4.69) is 11.1 Å². The van der Waals surface area contributed by atoms with Crippen molar-refractivity contribution in [3.63, 3.8) is 0 Å². The summed E-state index contributed by atoms with van der Waals surface area (Å²) in [5, 5.41) is 18.7. The lowest BCUT2D eigenvalue weighted by atomic mass is 9.84. The number of ketones is 1. The number of nitriles is 2. The predicted octanol–water partition coefficient (Wildman–Crippen LogP) is 4.21. The van der Waals surface area contributed by atoms with Crippen molar-refractivity contribution in [3.05, 3.63) is 55.5 Å². The number of hydrogen-bond acceptors (Lipinski definition) is 4. The van der Waals surface area contributed by atoms with Crippen molar-refractivity contribution in [2.45, 2.75) is 45.4 Å². The number of Topliss-reactive ketones (excluding diaryl/α,β-unsaturated/α-hetero) is 1. The number of halogens is 1. The highest BCUT2D eigenvalue weighted by molar-refractivity contribution is 6.31. The minimum Gasteiger partial charge on any atom is -0.312 e. The van der Waals surface area contributed by atoms with Gasteiger partial charge >= 0.3 is 0 Å². The van der Waals surface area contributed by atoms with Gasteiger partial charge in [0, 0.05) is 28.7 Å². The number of pyridine rings is 1. The molecule has 1 aromatic rings. The first kappa shape index (κ1) is 19.1. The molecular formula is C21H20ClN3O2. The van der Waals surface area contributed by atoms with Crippen LogP contribution in [0.2, 0.25) is 5.15 Å². The van der Waals surface area contributed by atoms with E-state index in [1.165, 1.54) is 6.08 Å². The summed E-state index contributed by atoms with van der Waals surface area (Å²) in [5.74, 6) is -0.568. The Morgan fingerprint density at radius 2 is 2.07 bits per heavy atom. The van der Waals surface area contributed by atoms with Crippen LogP contribution in [0, 0.1) is 34.5 Å². The van der Waals surface area contributed by atoms with Gasteiger partial charge in [-0.3, -0.25) is 9.59 Å². The third-order valence-corrected chi connectivity index (χ3v) is 5.34. The second-order valence-electron chi connectivity index (χ2n) is 7.51. The number of aromatic amines is 1. The van der Waals surface area contributed by atoms with Crippen LogP contribution in [-0.2, 0) is 6.42 Å². The molecule has 1 N–H and O–H groups in total. The van der Waals surface area contributed by atoms with Crippen molar-refractivity contribution in [2.75, 3.05) is 0 Å². The van der Waals surface area contributed by atoms with Crippen molar-refractivity contribution >= 4 is 17.4 Å². The van der Waals surface area contributed by atoms with E-state index in [1.807, 2.05) is 19.9 Å². The summed E-state index contributed by atoms with van der Waals surface area (Å²) in [5.41, 5.74) is 1.72. The first-order chi connectivity index (χ1) is 12.8. The van der Waals surface area contributed by atoms with Crippen molar-refractivity contribution < 1.29 is 4.79 Å². The molecule has 0 amide bonds. The Kier molecular flexibility index (Phi) is 5.35. The van der Waals surface area contributed by atoms with Crippen LogP contribution in [0.3, 0.4) is 0 Å². The molecule has 27 heavy (non-hydrogen) atoms. The SMILES string of the molecule is CC(C)c1c(C(=O)C2=CC(C#N)CC(C#N)=C2)c(CC2CC2)c(Cl)[nH]c1=O. The lowest BCUT2D eigenvalue weighted by Gasteiger charge is -2.19. The van der Waals surface area contributed by atoms with Gasteiger partial charge < -0.3 is 4.98 Å². The molecule has 0 radical (unpaired) electrons. The number of allylic oxidation sites excluding steroid dienone is 4. The molecule has 2 aliphatic rings. The Morgan fingerprint density at radius 3 is 2.63 bits per heavy atom. The number of aromatic nitrogens is 1. The van der Waals surface area contributed by atoms with E-state index in [1.54, 1.807) is 6.08 Å². The molecule has 1 unspecified atom stereocenters. The highest BCUT2D eigenvalue weighted by Crippen LogP contribution is 2.37. The molecule has 0 bridgehead atoms. The zero-order valence-electron chi connectivity index (χ0n) is 15.3. The van der Waals surface area contributed by atoms with Crippen LogP contribution in [0.5, 0.6) is 0 Å². The zero-order valence-corrected chi connectivity index (χ0v) is 16.1. The molecule has 1 atom stereocenters. The Labute approximate surface area is 163 Å². The monoisotopic (exact) mass is 381 g/mol. The zero-order chi connectivity index (χ0) is 19.7. The average Bonchev–Trinajstić information content (AvgIpc) is 3.46. The van der Waals surface area contributed by atoms with Gasteiger partial charge in [-0.05, 0) is 42.7 Å². The number of nitrogens with one attached hydrogen (secondary N) is 1. The van der Waals surface area contributed by atoms with Crippen LogP contribution in [0.1, 0.15) is 60.5 Å². The van der Waals surface area contributed by atoms with Crippen molar-refractivity contribution in [3.8, 4) is 12.1 Å².